The molecule has 1 aliphatic heterocycles. The third-order valence-corrected chi connectivity index (χ3v) is 3.88. The minimum atomic E-state index is -0.0719. The minimum Gasteiger partial charge on any atom is -0.481 e. The summed E-state index contributed by atoms with van der Waals surface area (Å²) in [5.74, 6) is 1.87. The Morgan fingerprint density at radius 1 is 1.30 bits per heavy atom. The molecule has 5 nitrogen and oxygen atoms in total. The Kier molecular flexibility index (Phi) is 4.41. The number of hydrogen-bond donors (Lipinski definition) is 1. The summed E-state index contributed by atoms with van der Waals surface area (Å²) in [5, 5.41) is 3.71. The summed E-state index contributed by atoms with van der Waals surface area (Å²) in [4.78, 5) is 13.2. The van der Waals surface area contributed by atoms with Gasteiger partial charge in [0.15, 0.2) is 6.61 Å². The first-order valence-corrected chi connectivity index (χ1v) is 7.60. The lowest BCUT2D eigenvalue weighted by atomic mass is 10.2. The first-order chi connectivity index (χ1) is 11.1. The van der Waals surface area contributed by atoms with Crippen LogP contribution in [0.5, 0.6) is 17.2 Å². The van der Waals surface area contributed by atoms with E-state index in [1.165, 1.54) is 0 Å². The summed E-state index contributed by atoms with van der Waals surface area (Å²) in [6.07, 6.45) is 0. The number of carbonyl (C=O) groups excluding carboxylic acids is 1. The van der Waals surface area contributed by atoms with Crippen LogP contribution >= 0.6 is 11.6 Å². The van der Waals surface area contributed by atoms with Gasteiger partial charge in [-0.1, -0.05) is 17.7 Å². The number of benzene rings is 2. The molecule has 0 saturated carbocycles. The van der Waals surface area contributed by atoms with Gasteiger partial charge in [0.05, 0.1) is 5.69 Å². The SMILES string of the molecule is CNCc1ccc(Cl)cc1Oc1ccc2c(c1)OCC(=O)N2C. The van der Waals surface area contributed by atoms with Gasteiger partial charge in [0.2, 0.25) is 0 Å². The van der Waals surface area contributed by atoms with Gasteiger partial charge in [-0.15, -0.1) is 0 Å². The van der Waals surface area contributed by atoms with Crippen LogP contribution in [0.1, 0.15) is 5.56 Å². The Morgan fingerprint density at radius 2 is 2.13 bits per heavy atom. The van der Waals surface area contributed by atoms with Gasteiger partial charge >= 0.3 is 0 Å². The van der Waals surface area contributed by atoms with Gasteiger partial charge in [0.1, 0.15) is 17.2 Å². The predicted molar refractivity (Wildman–Crippen MR) is 89.6 cm³/mol. The zero-order valence-corrected chi connectivity index (χ0v) is 13.7. The van der Waals surface area contributed by atoms with Crippen molar-refractivity contribution in [2.45, 2.75) is 6.54 Å². The number of likely N-dealkylation sites (N-methyl/N-ethyl adjacent to an activating group) is 1. The van der Waals surface area contributed by atoms with E-state index < -0.39 is 0 Å². The summed E-state index contributed by atoms with van der Waals surface area (Å²) in [7, 11) is 3.60. The van der Waals surface area contributed by atoms with Crippen LogP contribution in [0.2, 0.25) is 5.02 Å². The summed E-state index contributed by atoms with van der Waals surface area (Å²) < 4.78 is 11.4. The first-order valence-electron chi connectivity index (χ1n) is 7.23. The average Bonchev–Trinajstić information content (AvgIpc) is 2.54. The smallest absolute Gasteiger partial charge is 0.264 e. The summed E-state index contributed by atoms with van der Waals surface area (Å²) in [5.41, 5.74) is 1.73. The lowest BCUT2D eigenvalue weighted by Crippen LogP contribution is -2.35. The molecule has 1 heterocycles. The number of hydrogen-bond acceptors (Lipinski definition) is 4. The highest BCUT2D eigenvalue weighted by Crippen LogP contribution is 2.37. The Labute approximate surface area is 139 Å². The van der Waals surface area contributed by atoms with Gasteiger partial charge in [-0.05, 0) is 31.3 Å². The molecule has 6 heteroatoms. The van der Waals surface area contributed by atoms with Crippen LogP contribution in [0.15, 0.2) is 36.4 Å². The van der Waals surface area contributed by atoms with Crippen LogP contribution < -0.4 is 19.7 Å². The number of nitrogens with zero attached hydrogens (tertiary/aromatic N) is 1. The highest BCUT2D eigenvalue weighted by molar-refractivity contribution is 6.30. The van der Waals surface area contributed by atoms with E-state index in [4.69, 9.17) is 21.1 Å². The van der Waals surface area contributed by atoms with Crippen LogP contribution in [0, 0.1) is 0 Å². The molecular weight excluding hydrogens is 316 g/mol. The number of halogens is 1. The molecule has 120 valence electrons. The van der Waals surface area contributed by atoms with E-state index in [0.29, 0.717) is 28.8 Å². The van der Waals surface area contributed by atoms with Crippen LogP contribution in [0.25, 0.3) is 0 Å². The highest BCUT2D eigenvalue weighted by Gasteiger charge is 2.22. The Bertz CT molecular complexity index is 749. The molecule has 0 saturated heterocycles. The normalized spacial score (nSPS) is 13.5. The van der Waals surface area contributed by atoms with Crippen molar-refractivity contribution >= 4 is 23.2 Å². The molecule has 2 aromatic carbocycles. The van der Waals surface area contributed by atoms with Crippen molar-refractivity contribution < 1.29 is 14.3 Å². The zero-order valence-electron chi connectivity index (χ0n) is 12.9. The second kappa shape index (κ2) is 6.48. The van der Waals surface area contributed by atoms with Gasteiger partial charge in [-0.25, -0.2) is 0 Å². The van der Waals surface area contributed by atoms with E-state index in [9.17, 15) is 4.79 Å². The van der Waals surface area contributed by atoms with Crippen molar-refractivity contribution in [3.63, 3.8) is 0 Å². The molecule has 0 bridgehead atoms. The quantitative estimate of drug-likeness (QED) is 0.934. The second-order valence-corrected chi connectivity index (χ2v) is 5.69. The molecular formula is C17H17ClN2O3. The standard InChI is InChI=1S/C17H17ClN2O3/c1-19-9-11-3-4-12(18)7-15(11)23-13-5-6-14-16(8-13)22-10-17(21)20(14)2/h3-8,19H,9-10H2,1-2H3. The van der Waals surface area contributed by atoms with Gasteiger partial charge < -0.3 is 19.7 Å². The van der Waals surface area contributed by atoms with Gasteiger partial charge in [-0.2, -0.15) is 0 Å². The fraction of sp³-hybridized carbons (Fsp3) is 0.235. The van der Waals surface area contributed by atoms with E-state index >= 15 is 0 Å². The van der Waals surface area contributed by atoms with Crippen molar-refractivity contribution in [1.82, 2.24) is 5.32 Å². The summed E-state index contributed by atoms with van der Waals surface area (Å²) >= 11 is 6.06. The van der Waals surface area contributed by atoms with E-state index in [1.54, 1.807) is 30.1 Å². The minimum absolute atomic E-state index is 0.0368. The molecule has 0 radical (unpaired) electrons. The molecule has 3 rings (SSSR count). The molecule has 0 spiro atoms. The molecule has 0 fully saturated rings. The second-order valence-electron chi connectivity index (χ2n) is 5.26. The summed E-state index contributed by atoms with van der Waals surface area (Å²) in [6, 6.07) is 10.9. The maximum absolute atomic E-state index is 11.6. The fourth-order valence-electron chi connectivity index (χ4n) is 2.41. The van der Waals surface area contributed by atoms with Crippen molar-refractivity contribution in [3.8, 4) is 17.2 Å². The zero-order chi connectivity index (χ0) is 16.4. The first kappa shape index (κ1) is 15.6. The fourth-order valence-corrected chi connectivity index (χ4v) is 2.57. The molecule has 0 aliphatic carbocycles. The predicted octanol–water partition coefficient (Wildman–Crippen LogP) is 3.21. The van der Waals surface area contributed by atoms with Crippen LogP contribution in [-0.4, -0.2) is 26.6 Å². The Hall–Kier alpha value is -2.24. The number of fused-ring (bicyclic) bond motifs is 1. The van der Waals surface area contributed by atoms with Crippen molar-refractivity contribution in [3.05, 3.63) is 47.0 Å². The molecule has 1 N–H and O–H groups in total. The number of rotatable bonds is 4. The van der Waals surface area contributed by atoms with Crippen molar-refractivity contribution in [2.24, 2.45) is 0 Å². The van der Waals surface area contributed by atoms with Gasteiger partial charge in [-0.3, -0.25) is 4.79 Å². The van der Waals surface area contributed by atoms with Gasteiger partial charge in [0, 0.05) is 30.2 Å². The van der Waals surface area contributed by atoms with E-state index in [-0.39, 0.29) is 12.5 Å². The molecule has 0 aromatic heterocycles. The topological polar surface area (TPSA) is 50.8 Å². The maximum atomic E-state index is 11.6. The average molecular weight is 333 g/mol. The van der Waals surface area contributed by atoms with Crippen LogP contribution in [-0.2, 0) is 11.3 Å². The molecule has 0 unspecified atom stereocenters. The van der Waals surface area contributed by atoms with Crippen molar-refractivity contribution in [2.75, 3.05) is 25.6 Å². The summed E-state index contributed by atoms with van der Waals surface area (Å²) in [6.45, 7) is 0.709. The molecule has 23 heavy (non-hydrogen) atoms. The monoisotopic (exact) mass is 332 g/mol. The van der Waals surface area contributed by atoms with Crippen molar-refractivity contribution in [1.29, 1.82) is 0 Å². The van der Waals surface area contributed by atoms with Crippen LogP contribution in [0.4, 0.5) is 5.69 Å². The lowest BCUT2D eigenvalue weighted by molar-refractivity contribution is -0.120. The Morgan fingerprint density at radius 3 is 2.91 bits per heavy atom. The lowest BCUT2D eigenvalue weighted by Gasteiger charge is -2.26. The molecule has 0 atom stereocenters. The number of ether oxygens (including phenoxy) is 2. The number of nitrogens with one attached hydrogen (secondary N) is 1. The van der Waals surface area contributed by atoms with Crippen LogP contribution in [0.3, 0.4) is 0 Å². The van der Waals surface area contributed by atoms with E-state index in [0.717, 1.165) is 11.3 Å². The third kappa shape index (κ3) is 3.25. The van der Waals surface area contributed by atoms with Gasteiger partial charge in [0.25, 0.3) is 5.91 Å². The maximum Gasteiger partial charge on any atom is 0.264 e. The van der Waals surface area contributed by atoms with E-state index in [1.807, 2.05) is 25.2 Å². The Balaban J connectivity index is 1.90. The molecule has 1 amide bonds. The molecule has 1 aliphatic rings. The number of anilines is 1. The number of amides is 1. The molecule has 2 aromatic rings. The largest absolute Gasteiger partial charge is 0.481 e. The van der Waals surface area contributed by atoms with E-state index in [2.05, 4.69) is 5.32 Å². The highest BCUT2D eigenvalue weighted by atomic mass is 35.5. The number of carbonyl (C=O) groups is 1. The third-order valence-electron chi connectivity index (χ3n) is 3.64.